The first-order valence-corrected chi connectivity index (χ1v) is 5.61. The Labute approximate surface area is 96.4 Å². The second-order valence-corrected chi connectivity index (χ2v) is 3.42. The average molecular weight is 221 g/mol. The van der Waals surface area contributed by atoms with Gasteiger partial charge < -0.3 is 16.0 Å². The van der Waals surface area contributed by atoms with Crippen LogP contribution in [0.5, 0.6) is 0 Å². The summed E-state index contributed by atoms with van der Waals surface area (Å²) in [5, 5.41) is 8.78. The maximum Gasteiger partial charge on any atom is 0.319 e. The Balaban J connectivity index is 2.66. The molecule has 0 heterocycles. The molecule has 0 aliphatic heterocycles. The number of nitrogens with one attached hydrogen (secondary N) is 3. The zero-order valence-electron chi connectivity index (χ0n) is 9.84. The maximum absolute atomic E-state index is 11.4. The number of hydrogen-bond donors (Lipinski definition) is 3. The lowest BCUT2D eigenvalue weighted by molar-refractivity contribution is 0.252. The lowest BCUT2D eigenvalue weighted by atomic mass is 10.2. The Hall–Kier alpha value is -1.55. The molecule has 1 rings (SSSR count). The summed E-state index contributed by atoms with van der Waals surface area (Å²) in [4.78, 5) is 11.4. The number of carbonyl (C=O) groups is 1. The Morgan fingerprint density at radius 2 is 1.94 bits per heavy atom. The Bertz CT molecular complexity index is 339. The third kappa shape index (κ3) is 3.90. The first-order valence-electron chi connectivity index (χ1n) is 5.61. The molecule has 88 valence electrons. The molecule has 3 N–H and O–H groups in total. The van der Waals surface area contributed by atoms with Crippen molar-refractivity contribution < 1.29 is 4.79 Å². The standard InChI is InChI=1S/C12H19N3O/c1-3-13-9-10-7-5-6-8-11(10)15-12(16)14-4-2/h5-8,13H,3-4,9H2,1-2H3,(H2,14,15,16). The molecule has 0 atom stereocenters. The fourth-order valence-corrected chi connectivity index (χ4v) is 1.38. The maximum atomic E-state index is 11.4. The van der Waals surface area contributed by atoms with Crippen LogP contribution in [0.2, 0.25) is 0 Å². The van der Waals surface area contributed by atoms with E-state index in [-0.39, 0.29) is 6.03 Å². The molecule has 0 aliphatic rings. The zero-order valence-corrected chi connectivity index (χ0v) is 9.84. The van der Waals surface area contributed by atoms with Gasteiger partial charge in [0, 0.05) is 18.8 Å². The minimum Gasteiger partial charge on any atom is -0.338 e. The minimum atomic E-state index is -0.161. The van der Waals surface area contributed by atoms with Crippen molar-refractivity contribution in [3.8, 4) is 0 Å². The van der Waals surface area contributed by atoms with E-state index in [4.69, 9.17) is 0 Å². The second-order valence-electron chi connectivity index (χ2n) is 3.42. The molecule has 0 unspecified atom stereocenters. The van der Waals surface area contributed by atoms with Crippen LogP contribution >= 0.6 is 0 Å². The topological polar surface area (TPSA) is 53.2 Å². The summed E-state index contributed by atoms with van der Waals surface area (Å²) < 4.78 is 0. The molecular formula is C12H19N3O. The molecule has 0 saturated carbocycles. The second kappa shape index (κ2) is 6.85. The van der Waals surface area contributed by atoms with Gasteiger partial charge in [-0.25, -0.2) is 4.79 Å². The summed E-state index contributed by atoms with van der Waals surface area (Å²) in [6.45, 7) is 6.25. The number of hydrogen-bond acceptors (Lipinski definition) is 2. The third-order valence-electron chi connectivity index (χ3n) is 2.17. The summed E-state index contributed by atoms with van der Waals surface area (Å²) in [6, 6.07) is 7.63. The lowest BCUT2D eigenvalue weighted by Crippen LogP contribution is -2.29. The number of carbonyl (C=O) groups excluding carboxylic acids is 1. The molecule has 0 saturated heterocycles. The molecule has 1 aromatic carbocycles. The van der Waals surface area contributed by atoms with Crippen LogP contribution < -0.4 is 16.0 Å². The van der Waals surface area contributed by atoms with Crippen LogP contribution in [0, 0.1) is 0 Å². The first-order chi connectivity index (χ1) is 7.77. The molecule has 0 fully saturated rings. The van der Waals surface area contributed by atoms with Gasteiger partial charge in [-0.3, -0.25) is 0 Å². The van der Waals surface area contributed by atoms with Crippen molar-refractivity contribution in [3.63, 3.8) is 0 Å². The fraction of sp³-hybridized carbons (Fsp3) is 0.417. The highest BCUT2D eigenvalue weighted by molar-refractivity contribution is 5.90. The highest BCUT2D eigenvalue weighted by Gasteiger charge is 2.04. The number of para-hydroxylation sites is 1. The molecule has 0 bridgehead atoms. The molecule has 1 aromatic rings. The molecule has 4 nitrogen and oxygen atoms in total. The van der Waals surface area contributed by atoms with Crippen LogP contribution in [0.1, 0.15) is 19.4 Å². The predicted octanol–water partition coefficient (Wildman–Crippen LogP) is 1.94. The summed E-state index contributed by atoms with van der Waals surface area (Å²) in [6.07, 6.45) is 0. The summed E-state index contributed by atoms with van der Waals surface area (Å²) in [7, 11) is 0. The molecule has 0 radical (unpaired) electrons. The van der Waals surface area contributed by atoms with E-state index in [2.05, 4.69) is 22.9 Å². The van der Waals surface area contributed by atoms with Gasteiger partial charge in [-0.2, -0.15) is 0 Å². The highest BCUT2D eigenvalue weighted by Crippen LogP contribution is 2.14. The Morgan fingerprint density at radius 1 is 1.19 bits per heavy atom. The first kappa shape index (κ1) is 12.5. The van der Waals surface area contributed by atoms with Crippen molar-refractivity contribution in [3.05, 3.63) is 29.8 Å². The number of rotatable bonds is 5. The average Bonchev–Trinajstić information content (AvgIpc) is 2.28. The predicted molar refractivity (Wildman–Crippen MR) is 66.5 cm³/mol. The number of urea groups is 1. The van der Waals surface area contributed by atoms with Crippen molar-refractivity contribution in [2.24, 2.45) is 0 Å². The molecular weight excluding hydrogens is 202 g/mol. The quantitative estimate of drug-likeness (QED) is 0.711. The molecule has 2 amide bonds. The smallest absolute Gasteiger partial charge is 0.319 e. The summed E-state index contributed by atoms with van der Waals surface area (Å²) in [5.74, 6) is 0. The number of benzene rings is 1. The van der Waals surface area contributed by atoms with E-state index in [0.29, 0.717) is 6.54 Å². The summed E-state index contributed by atoms with van der Waals surface area (Å²) >= 11 is 0. The van der Waals surface area contributed by atoms with E-state index >= 15 is 0 Å². The Kier molecular flexibility index (Phi) is 5.36. The van der Waals surface area contributed by atoms with Gasteiger partial charge in [0.05, 0.1) is 0 Å². The minimum absolute atomic E-state index is 0.161. The Morgan fingerprint density at radius 3 is 2.62 bits per heavy atom. The fourth-order valence-electron chi connectivity index (χ4n) is 1.38. The zero-order chi connectivity index (χ0) is 11.8. The molecule has 0 aromatic heterocycles. The number of amides is 2. The van der Waals surface area contributed by atoms with Crippen molar-refractivity contribution in [2.45, 2.75) is 20.4 Å². The third-order valence-corrected chi connectivity index (χ3v) is 2.17. The molecule has 16 heavy (non-hydrogen) atoms. The largest absolute Gasteiger partial charge is 0.338 e. The molecule has 0 spiro atoms. The van der Waals surface area contributed by atoms with Gasteiger partial charge >= 0.3 is 6.03 Å². The van der Waals surface area contributed by atoms with Crippen molar-refractivity contribution in [1.29, 1.82) is 0 Å². The van der Waals surface area contributed by atoms with Crippen LogP contribution in [-0.2, 0) is 6.54 Å². The molecule has 4 heteroatoms. The SMILES string of the molecule is CCNCc1ccccc1NC(=O)NCC. The van der Waals surface area contributed by atoms with Crippen LogP contribution in [0.3, 0.4) is 0 Å². The van der Waals surface area contributed by atoms with Gasteiger partial charge in [0.25, 0.3) is 0 Å². The monoisotopic (exact) mass is 221 g/mol. The van der Waals surface area contributed by atoms with Crippen LogP contribution in [-0.4, -0.2) is 19.1 Å². The lowest BCUT2D eigenvalue weighted by Gasteiger charge is -2.11. The summed E-state index contributed by atoms with van der Waals surface area (Å²) in [5.41, 5.74) is 1.95. The van der Waals surface area contributed by atoms with Gasteiger partial charge in [0.15, 0.2) is 0 Å². The van der Waals surface area contributed by atoms with E-state index in [1.165, 1.54) is 0 Å². The normalized spacial score (nSPS) is 9.88. The number of anilines is 1. The van der Waals surface area contributed by atoms with E-state index < -0.39 is 0 Å². The van der Waals surface area contributed by atoms with Crippen molar-refractivity contribution in [2.75, 3.05) is 18.4 Å². The van der Waals surface area contributed by atoms with Crippen molar-refractivity contribution >= 4 is 11.7 Å². The van der Waals surface area contributed by atoms with Gasteiger partial charge in [-0.1, -0.05) is 25.1 Å². The van der Waals surface area contributed by atoms with E-state index in [1.54, 1.807) is 0 Å². The highest BCUT2D eigenvalue weighted by atomic mass is 16.2. The van der Waals surface area contributed by atoms with Crippen LogP contribution in [0.4, 0.5) is 10.5 Å². The van der Waals surface area contributed by atoms with E-state index in [0.717, 1.165) is 24.3 Å². The van der Waals surface area contributed by atoms with E-state index in [1.807, 2.05) is 31.2 Å². The van der Waals surface area contributed by atoms with Crippen LogP contribution in [0.25, 0.3) is 0 Å². The van der Waals surface area contributed by atoms with Crippen LogP contribution in [0.15, 0.2) is 24.3 Å². The van der Waals surface area contributed by atoms with Gasteiger partial charge in [0.1, 0.15) is 0 Å². The van der Waals surface area contributed by atoms with Crippen molar-refractivity contribution in [1.82, 2.24) is 10.6 Å². The molecule has 0 aliphatic carbocycles. The van der Waals surface area contributed by atoms with E-state index in [9.17, 15) is 4.79 Å². The van der Waals surface area contributed by atoms with Gasteiger partial charge in [-0.15, -0.1) is 0 Å². The van der Waals surface area contributed by atoms with Gasteiger partial charge in [-0.05, 0) is 25.1 Å². The van der Waals surface area contributed by atoms with Gasteiger partial charge in [0.2, 0.25) is 0 Å².